The zero-order valence-corrected chi connectivity index (χ0v) is 12.9. The number of nitrogens with zero attached hydrogens (tertiary/aromatic N) is 1. The van der Waals surface area contributed by atoms with Gasteiger partial charge >= 0.3 is 6.09 Å². The minimum Gasteiger partial charge on any atom is -0.447 e. The third-order valence-electron chi connectivity index (χ3n) is 3.36. The molecule has 1 aromatic carbocycles. The Bertz CT molecular complexity index is 748. The lowest BCUT2D eigenvalue weighted by Gasteiger charge is -2.13. The lowest BCUT2D eigenvalue weighted by atomic mass is 10.1. The van der Waals surface area contributed by atoms with Gasteiger partial charge in [-0.15, -0.1) is 11.3 Å². The summed E-state index contributed by atoms with van der Waals surface area (Å²) in [4.78, 5) is 27.6. The van der Waals surface area contributed by atoms with Gasteiger partial charge in [-0.25, -0.2) is 4.79 Å². The topological polar surface area (TPSA) is 46.6 Å². The van der Waals surface area contributed by atoms with E-state index < -0.39 is 0 Å². The molecular weight excluding hydrogens is 298 g/mol. The highest BCUT2D eigenvalue weighted by Crippen LogP contribution is 2.21. The van der Waals surface area contributed by atoms with Gasteiger partial charge in [0.05, 0.1) is 6.54 Å². The van der Waals surface area contributed by atoms with Gasteiger partial charge in [-0.1, -0.05) is 12.1 Å². The van der Waals surface area contributed by atoms with Crippen molar-refractivity contribution in [2.24, 2.45) is 0 Å². The van der Waals surface area contributed by atoms with Crippen LogP contribution in [0.15, 0.2) is 42.5 Å². The Hall–Kier alpha value is -2.40. The van der Waals surface area contributed by atoms with Crippen LogP contribution in [0.1, 0.15) is 20.1 Å². The number of amides is 1. The van der Waals surface area contributed by atoms with Gasteiger partial charge in [0.1, 0.15) is 6.61 Å². The molecule has 1 saturated heterocycles. The van der Waals surface area contributed by atoms with Gasteiger partial charge < -0.3 is 4.74 Å². The first-order chi connectivity index (χ1) is 10.6. The second kappa shape index (κ2) is 6.15. The second-order valence-electron chi connectivity index (χ2n) is 4.96. The maximum absolute atomic E-state index is 12.3. The Labute approximate surface area is 132 Å². The standard InChI is InChI=1S/C17H15NO3S/c1-12-5-6-15(22-12)7-8-16(19)13-3-2-4-14(11-13)18-9-10-21-17(18)20/h2-8,11H,9-10H2,1H3/b8-7+. The molecule has 112 valence electrons. The van der Waals surface area contributed by atoms with E-state index in [-0.39, 0.29) is 11.9 Å². The molecule has 0 unspecified atom stereocenters. The van der Waals surface area contributed by atoms with Crippen LogP contribution in [-0.4, -0.2) is 25.0 Å². The zero-order chi connectivity index (χ0) is 15.5. The second-order valence-corrected chi connectivity index (χ2v) is 6.28. The molecule has 2 heterocycles. The third-order valence-corrected chi connectivity index (χ3v) is 4.33. The van der Waals surface area contributed by atoms with E-state index in [0.717, 1.165) is 4.88 Å². The van der Waals surface area contributed by atoms with Crippen LogP contribution in [0.3, 0.4) is 0 Å². The normalized spacial score (nSPS) is 14.6. The molecule has 1 aliphatic heterocycles. The summed E-state index contributed by atoms with van der Waals surface area (Å²) < 4.78 is 4.92. The van der Waals surface area contributed by atoms with Crippen molar-refractivity contribution in [3.63, 3.8) is 0 Å². The van der Waals surface area contributed by atoms with E-state index in [1.165, 1.54) is 9.78 Å². The van der Waals surface area contributed by atoms with Crippen molar-refractivity contribution >= 4 is 35.0 Å². The van der Waals surface area contributed by atoms with E-state index in [0.29, 0.717) is 24.4 Å². The van der Waals surface area contributed by atoms with Crippen molar-refractivity contribution < 1.29 is 14.3 Å². The average molecular weight is 313 g/mol. The van der Waals surface area contributed by atoms with Crippen molar-refractivity contribution in [2.75, 3.05) is 18.1 Å². The maximum Gasteiger partial charge on any atom is 0.414 e. The van der Waals surface area contributed by atoms with Crippen LogP contribution in [0.5, 0.6) is 0 Å². The summed E-state index contributed by atoms with van der Waals surface area (Å²) in [6.45, 7) is 2.93. The first kappa shape index (κ1) is 14.5. The molecule has 1 aromatic heterocycles. The molecule has 2 aromatic rings. The van der Waals surface area contributed by atoms with E-state index in [4.69, 9.17) is 4.74 Å². The highest BCUT2D eigenvalue weighted by Gasteiger charge is 2.23. The number of anilines is 1. The number of thiophene rings is 1. The van der Waals surface area contributed by atoms with Crippen molar-refractivity contribution in [1.29, 1.82) is 0 Å². The van der Waals surface area contributed by atoms with Crippen LogP contribution >= 0.6 is 11.3 Å². The van der Waals surface area contributed by atoms with Crippen LogP contribution in [0.2, 0.25) is 0 Å². The summed E-state index contributed by atoms with van der Waals surface area (Å²) >= 11 is 1.64. The van der Waals surface area contributed by atoms with E-state index in [1.807, 2.05) is 25.1 Å². The van der Waals surface area contributed by atoms with Crippen LogP contribution in [0, 0.1) is 6.92 Å². The number of ketones is 1. The zero-order valence-electron chi connectivity index (χ0n) is 12.1. The summed E-state index contributed by atoms with van der Waals surface area (Å²) in [7, 11) is 0. The van der Waals surface area contributed by atoms with Crippen LogP contribution < -0.4 is 4.90 Å². The van der Waals surface area contributed by atoms with Gasteiger partial charge in [0.15, 0.2) is 5.78 Å². The number of allylic oxidation sites excluding steroid dienone is 1. The number of hydrogen-bond acceptors (Lipinski definition) is 4. The number of carbonyl (C=O) groups excluding carboxylic acids is 2. The molecule has 1 fully saturated rings. The maximum atomic E-state index is 12.3. The highest BCUT2D eigenvalue weighted by atomic mass is 32.1. The molecule has 0 spiro atoms. The molecule has 0 saturated carbocycles. The van der Waals surface area contributed by atoms with Crippen molar-refractivity contribution in [3.8, 4) is 0 Å². The fourth-order valence-corrected chi connectivity index (χ4v) is 3.03. The lowest BCUT2D eigenvalue weighted by molar-refractivity contribution is 0.104. The predicted octanol–water partition coefficient (Wildman–Crippen LogP) is 3.91. The van der Waals surface area contributed by atoms with Gasteiger partial charge in [0.2, 0.25) is 0 Å². The molecule has 0 bridgehead atoms. The lowest BCUT2D eigenvalue weighted by Crippen LogP contribution is -2.23. The minimum atomic E-state index is -0.366. The van der Waals surface area contributed by atoms with Crippen LogP contribution in [-0.2, 0) is 4.74 Å². The van der Waals surface area contributed by atoms with Crippen LogP contribution in [0.4, 0.5) is 10.5 Å². The molecule has 22 heavy (non-hydrogen) atoms. The summed E-state index contributed by atoms with van der Waals surface area (Å²) in [6.07, 6.45) is 3.01. The summed E-state index contributed by atoms with van der Waals surface area (Å²) in [6, 6.07) is 11.1. The molecule has 5 heteroatoms. The van der Waals surface area contributed by atoms with Crippen LogP contribution in [0.25, 0.3) is 6.08 Å². The van der Waals surface area contributed by atoms with Gasteiger partial charge in [0.25, 0.3) is 0 Å². The Morgan fingerprint density at radius 3 is 2.86 bits per heavy atom. The number of aryl methyl sites for hydroxylation is 1. The van der Waals surface area contributed by atoms with Gasteiger partial charge in [-0.3, -0.25) is 9.69 Å². The Balaban J connectivity index is 1.78. The molecule has 3 rings (SSSR count). The summed E-state index contributed by atoms with van der Waals surface area (Å²) in [5, 5.41) is 0. The Morgan fingerprint density at radius 1 is 1.32 bits per heavy atom. The smallest absolute Gasteiger partial charge is 0.414 e. The average Bonchev–Trinajstić information content (AvgIpc) is 3.13. The first-order valence-corrected chi connectivity index (χ1v) is 7.78. The molecule has 0 radical (unpaired) electrons. The number of rotatable bonds is 4. The van der Waals surface area contributed by atoms with E-state index in [2.05, 4.69) is 0 Å². The fraction of sp³-hybridized carbons (Fsp3) is 0.176. The van der Waals surface area contributed by atoms with E-state index in [9.17, 15) is 9.59 Å². The molecule has 0 aliphatic carbocycles. The largest absolute Gasteiger partial charge is 0.447 e. The minimum absolute atomic E-state index is 0.0829. The summed E-state index contributed by atoms with van der Waals surface area (Å²) in [5.41, 5.74) is 1.25. The number of hydrogen-bond donors (Lipinski definition) is 0. The van der Waals surface area contributed by atoms with Gasteiger partial charge in [0, 0.05) is 21.0 Å². The van der Waals surface area contributed by atoms with Crippen molar-refractivity contribution in [3.05, 3.63) is 57.8 Å². The molecule has 4 nitrogen and oxygen atoms in total. The molecule has 0 N–H and O–H groups in total. The number of carbonyl (C=O) groups is 2. The third kappa shape index (κ3) is 3.09. The first-order valence-electron chi connectivity index (χ1n) is 6.97. The van der Waals surface area contributed by atoms with Crippen molar-refractivity contribution in [1.82, 2.24) is 0 Å². The van der Waals surface area contributed by atoms with E-state index in [1.54, 1.807) is 41.7 Å². The number of ether oxygens (including phenoxy) is 1. The number of benzene rings is 1. The van der Waals surface area contributed by atoms with Gasteiger partial charge in [-0.2, -0.15) is 0 Å². The predicted molar refractivity (Wildman–Crippen MR) is 87.6 cm³/mol. The number of cyclic esters (lactones) is 1. The molecule has 1 amide bonds. The quantitative estimate of drug-likeness (QED) is 0.635. The SMILES string of the molecule is Cc1ccc(/C=C/C(=O)c2cccc(N3CCOC3=O)c2)s1. The van der Waals surface area contributed by atoms with Gasteiger partial charge in [-0.05, 0) is 43.3 Å². The fourth-order valence-electron chi connectivity index (χ4n) is 2.25. The molecular formula is C17H15NO3S. The highest BCUT2D eigenvalue weighted by molar-refractivity contribution is 7.12. The molecule has 0 atom stereocenters. The Morgan fingerprint density at radius 2 is 2.18 bits per heavy atom. The summed E-state index contributed by atoms with van der Waals surface area (Å²) in [5.74, 6) is -0.0829. The monoisotopic (exact) mass is 313 g/mol. The van der Waals surface area contributed by atoms with Crippen molar-refractivity contribution in [2.45, 2.75) is 6.92 Å². The van der Waals surface area contributed by atoms with E-state index >= 15 is 0 Å². The Kier molecular flexibility index (Phi) is 4.06. The molecule has 1 aliphatic rings.